The summed E-state index contributed by atoms with van der Waals surface area (Å²) in [5.74, 6) is 1.94. The molecule has 0 aliphatic rings. The van der Waals surface area contributed by atoms with Crippen LogP contribution in [0.5, 0.6) is 0 Å². The van der Waals surface area contributed by atoms with Gasteiger partial charge in [0.15, 0.2) is 0 Å². The first-order valence-corrected chi connectivity index (χ1v) is 7.61. The van der Waals surface area contributed by atoms with Gasteiger partial charge in [-0.05, 0) is 54.4 Å². The Kier molecular flexibility index (Phi) is 5.12. The molecule has 2 aromatic rings. The second-order valence-electron chi connectivity index (χ2n) is 4.77. The predicted molar refractivity (Wildman–Crippen MR) is 87.7 cm³/mol. The molecule has 0 aliphatic carbocycles. The molecule has 2 rings (SSSR count). The molecule has 4 nitrogen and oxygen atoms in total. The van der Waals surface area contributed by atoms with E-state index in [0.717, 1.165) is 30.0 Å². The fourth-order valence-electron chi connectivity index (χ4n) is 1.88. The lowest BCUT2D eigenvalue weighted by Gasteiger charge is -2.14. The van der Waals surface area contributed by atoms with Gasteiger partial charge >= 0.3 is 0 Å². The highest BCUT2D eigenvalue weighted by atomic mass is 79.9. The third-order valence-electron chi connectivity index (χ3n) is 2.98. The van der Waals surface area contributed by atoms with Crippen molar-refractivity contribution in [2.45, 2.75) is 27.2 Å². The molecule has 1 aromatic heterocycles. The van der Waals surface area contributed by atoms with E-state index in [2.05, 4.69) is 43.5 Å². The Balaban J connectivity index is 2.32. The van der Waals surface area contributed by atoms with Crippen molar-refractivity contribution in [2.75, 3.05) is 17.2 Å². The summed E-state index contributed by atoms with van der Waals surface area (Å²) in [4.78, 5) is 8.84. The zero-order chi connectivity index (χ0) is 15.4. The van der Waals surface area contributed by atoms with Gasteiger partial charge in [0.1, 0.15) is 23.3 Å². The summed E-state index contributed by atoms with van der Waals surface area (Å²) in [7, 11) is 0. The third kappa shape index (κ3) is 3.91. The van der Waals surface area contributed by atoms with Gasteiger partial charge < -0.3 is 10.6 Å². The van der Waals surface area contributed by atoms with Crippen LogP contribution in [-0.4, -0.2) is 16.5 Å². The Bertz CT molecular complexity index is 646. The molecule has 2 N–H and O–H groups in total. The second kappa shape index (κ2) is 6.85. The number of halogens is 2. The van der Waals surface area contributed by atoms with Crippen LogP contribution in [0.2, 0.25) is 0 Å². The number of rotatable bonds is 5. The predicted octanol–water partition coefficient (Wildman–Crippen LogP) is 4.56. The smallest absolute Gasteiger partial charge is 0.139 e. The molecule has 21 heavy (non-hydrogen) atoms. The van der Waals surface area contributed by atoms with Crippen LogP contribution in [0.15, 0.2) is 22.7 Å². The minimum Gasteiger partial charge on any atom is -0.370 e. The second-order valence-corrected chi connectivity index (χ2v) is 5.62. The molecule has 112 valence electrons. The zero-order valence-corrected chi connectivity index (χ0v) is 13.9. The van der Waals surface area contributed by atoms with Crippen LogP contribution in [0.1, 0.15) is 24.7 Å². The molecule has 0 saturated carbocycles. The van der Waals surface area contributed by atoms with E-state index in [9.17, 15) is 4.39 Å². The van der Waals surface area contributed by atoms with Crippen LogP contribution < -0.4 is 10.6 Å². The number of anilines is 3. The van der Waals surface area contributed by atoms with Gasteiger partial charge in [-0.15, -0.1) is 0 Å². The summed E-state index contributed by atoms with van der Waals surface area (Å²) >= 11 is 3.35. The topological polar surface area (TPSA) is 49.8 Å². The molecule has 0 saturated heterocycles. The van der Waals surface area contributed by atoms with Crippen LogP contribution in [0.3, 0.4) is 0 Å². The van der Waals surface area contributed by atoms with Crippen LogP contribution >= 0.6 is 15.9 Å². The lowest BCUT2D eigenvalue weighted by Crippen LogP contribution is -2.09. The average Bonchev–Trinajstić information content (AvgIpc) is 2.43. The van der Waals surface area contributed by atoms with Crippen molar-refractivity contribution in [1.82, 2.24) is 9.97 Å². The summed E-state index contributed by atoms with van der Waals surface area (Å²) in [6.07, 6.45) is 1.02. The summed E-state index contributed by atoms with van der Waals surface area (Å²) in [6, 6.07) is 4.50. The molecule has 0 amide bonds. The van der Waals surface area contributed by atoms with Gasteiger partial charge in [0.05, 0.1) is 5.69 Å². The van der Waals surface area contributed by atoms with Crippen molar-refractivity contribution >= 4 is 33.3 Å². The van der Waals surface area contributed by atoms with E-state index in [1.54, 1.807) is 6.07 Å². The van der Waals surface area contributed by atoms with Gasteiger partial charge in [-0.1, -0.05) is 6.92 Å². The van der Waals surface area contributed by atoms with Crippen LogP contribution in [0, 0.1) is 19.7 Å². The van der Waals surface area contributed by atoms with E-state index in [0.29, 0.717) is 16.1 Å². The standard InChI is InChI=1S/C15H18BrFN4/c1-4-7-18-14-9(2)15(20-10(3)19-14)21-13-6-5-11(17)8-12(13)16/h5-6,8H,4,7H2,1-3H3,(H2,18,19,20,21). The minimum absolute atomic E-state index is 0.284. The van der Waals surface area contributed by atoms with Gasteiger partial charge in [0.2, 0.25) is 0 Å². The highest BCUT2D eigenvalue weighted by Gasteiger charge is 2.10. The first kappa shape index (κ1) is 15.7. The number of benzene rings is 1. The van der Waals surface area contributed by atoms with Crippen molar-refractivity contribution in [3.05, 3.63) is 39.9 Å². The first-order chi connectivity index (χ1) is 10.0. The van der Waals surface area contributed by atoms with Crippen molar-refractivity contribution in [1.29, 1.82) is 0 Å². The Morgan fingerprint density at radius 2 is 1.90 bits per heavy atom. The maximum absolute atomic E-state index is 13.1. The highest BCUT2D eigenvalue weighted by Crippen LogP contribution is 2.29. The summed E-state index contributed by atoms with van der Waals surface area (Å²) in [5, 5.41) is 6.51. The fourth-order valence-corrected chi connectivity index (χ4v) is 2.33. The van der Waals surface area contributed by atoms with Gasteiger partial charge in [-0.25, -0.2) is 14.4 Å². The van der Waals surface area contributed by atoms with E-state index in [1.165, 1.54) is 12.1 Å². The number of hydrogen-bond donors (Lipinski definition) is 2. The summed E-state index contributed by atoms with van der Waals surface area (Å²) < 4.78 is 13.8. The maximum Gasteiger partial charge on any atom is 0.139 e. The Morgan fingerprint density at radius 1 is 1.19 bits per heavy atom. The minimum atomic E-state index is -0.284. The largest absolute Gasteiger partial charge is 0.370 e. The van der Waals surface area contributed by atoms with Gasteiger partial charge in [0, 0.05) is 16.6 Å². The lowest BCUT2D eigenvalue weighted by molar-refractivity contribution is 0.627. The summed E-state index contributed by atoms with van der Waals surface area (Å²) in [5.41, 5.74) is 1.70. The summed E-state index contributed by atoms with van der Waals surface area (Å²) in [6.45, 7) is 6.76. The number of aryl methyl sites for hydroxylation is 1. The molecule has 0 atom stereocenters. The third-order valence-corrected chi connectivity index (χ3v) is 3.64. The quantitative estimate of drug-likeness (QED) is 0.827. The fraction of sp³-hybridized carbons (Fsp3) is 0.333. The van der Waals surface area contributed by atoms with Gasteiger partial charge in [0.25, 0.3) is 0 Å². The molecular formula is C15H18BrFN4. The van der Waals surface area contributed by atoms with E-state index in [-0.39, 0.29) is 5.82 Å². The highest BCUT2D eigenvalue weighted by molar-refractivity contribution is 9.10. The Hall–Kier alpha value is -1.69. The molecule has 6 heteroatoms. The van der Waals surface area contributed by atoms with E-state index in [1.807, 2.05) is 13.8 Å². The van der Waals surface area contributed by atoms with E-state index >= 15 is 0 Å². The van der Waals surface area contributed by atoms with Crippen LogP contribution in [0.4, 0.5) is 21.7 Å². The lowest BCUT2D eigenvalue weighted by atomic mass is 10.2. The molecular weight excluding hydrogens is 335 g/mol. The first-order valence-electron chi connectivity index (χ1n) is 6.82. The molecule has 0 bridgehead atoms. The van der Waals surface area contributed by atoms with Crippen molar-refractivity contribution < 1.29 is 4.39 Å². The SMILES string of the molecule is CCCNc1nc(C)nc(Nc2ccc(F)cc2Br)c1C. The molecule has 1 aromatic carbocycles. The molecule has 0 radical (unpaired) electrons. The number of aromatic nitrogens is 2. The zero-order valence-electron chi connectivity index (χ0n) is 12.3. The van der Waals surface area contributed by atoms with Gasteiger partial charge in [-0.2, -0.15) is 0 Å². The molecule has 1 heterocycles. The van der Waals surface area contributed by atoms with Crippen molar-refractivity contribution in [3.8, 4) is 0 Å². The Morgan fingerprint density at radius 3 is 2.57 bits per heavy atom. The van der Waals surface area contributed by atoms with Crippen molar-refractivity contribution in [2.24, 2.45) is 0 Å². The van der Waals surface area contributed by atoms with E-state index in [4.69, 9.17) is 0 Å². The maximum atomic E-state index is 13.1. The Labute approximate surface area is 132 Å². The number of nitrogens with zero attached hydrogens (tertiary/aromatic N) is 2. The monoisotopic (exact) mass is 352 g/mol. The van der Waals surface area contributed by atoms with Gasteiger partial charge in [-0.3, -0.25) is 0 Å². The average molecular weight is 353 g/mol. The molecule has 0 fully saturated rings. The van der Waals surface area contributed by atoms with E-state index < -0.39 is 0 Å². The molecule has 0 unspecified atom stereocenters. The molecule has 0 aliphatic heterocycles. The molecule has 0 spiro atoms. The normalized spacial score (nSPS) is 10.5. The van der Waals surface area contributed by atoms with Crippen LogP contribution in [0.25, 0.3) is 0 Å². The van der Waals surface area contributed by atoms with Crippen LogP contribution in [-0.2, 0) is 0 Å². The number of hydrogen-bond acceptors (Lipinski definition) is 4. The number of nitrogens with one attached hydrogen (secondary N) is 2. The van der Waals surface area contributed by atoms with Crippen molar-refractivity contribution in [3.63, 3.8) is 0 Å².